The number of rotatable bonds is 5. The van der Waals surface area contributed by atoms with Gasteiger partial charge in [-0.3, -0.25) is 14.3 Å². The van der Waals surface area contributed by atoms with Crippen molar-refractivity contribution in [3.63, 3.8) is 0 Å². The first kappa shape index (κ1) is 24.1. The van der Waals surface area contributed by atoms with E-state index < -0.39 is 21.8 Å². The van der Waals surface area contributed by atoms with Gasteiger partial charge in [-0.15, -0.1) is 0 Å². The molecule has 11 heteroatoms. The van der Waals surface area contributed by atoms with Crippen molar-refractivity contribution in [1.82, 2.24) is 4.98 Å². The lowest BCUT2D eigenvalue weighted by Crippen LogP contribution is -2.11. The number of carbonyl (C=O) groups is 1. The molecule has 1 amide bonds. The molecule has 0 fully saturated rings. The van der Waals surface area contributed by atoms with E-state index in [9.17, 15) is 17.6 Å². The molecule has 3 rings (SSSR count). The number of nitrogens with two attached hydrogens (primary N) is 1. The number of methoxy groups -OCH3 is 2. The van der Waals surface area contributed by atoms with Gasteiger partial charge in [-0.1, -0.05) is 17.7 Å². The monoisotopic (exact) mass is 468 g/mol. The van der Waals surface area contributed by atoms with E-state index in [-0.39, 0.29) is 15.5 Å². The van der Waals surface area contributed by atoms with Crippen molar-refractivity contribution in [2.45, 2.75) is 4.90 Å². The van der Waals surface area contributed by atoms with Crippen molar-refractivity contribution in [2.75, 3.05) is 14.2 Å². The molecule has 164 valence electrons. The van der Waals surface area contributed by atoms with Gasteiger partial charge in [-0.05, 0) is 42.5 Å². The number of ether oxygens (including phenoxy) is 2. The minimum atomic E-state index is -4.26. The normalized spacial score (nSPS) is 10.6. The summed E-state index contributed by atoms with van der Waals surface area (Å²) in [4.78, 5) is 14.3. The van der Waals surface area contributed by atoms with Gasteiger partial charge < -0.3 is 15.2 Å². The molecule has 3 aromatic rings. The molecule has 0 unspecified atom stereocenters. The van der Waals surface area contributed by atoms with Gasteiger partial charge in [0.25, 0.3) is 10.1 Å². The lowest BCUT2D eigenvalue weighted by atomic mass is 10.1. The second-order valence-electron chi connectivity index (χ2n) is 5.88. The molecule has 2 aromatic carbocycles. The fraction of sp³-hybridized carbons (Fsp3) is 0.100. The summed E-state index contributed by atoms with van der Waals surface area (Å²) in [5.41, 5.74) is 6.14. The maximum Gasteiger partial charge on any atom is 0.296 e. The Bertz CT molecular complexity index is 1160. The van der Waals surface area contributed by atoms with E-state index in [0.717, 1.165) is 18.3 Å². The van der Waals surface area contributed by atoms with E-state index in [1.807, 2.05) is 0 Å². The molecule has 0 saturated heterocycles. The first-order valence-corrected chi connectivity index (χ1v) is 10.3. The van der Waals surface area contributed by atoms with Crippen LogP contribution in [0.1, 0.15) is 10.4 Å². The van der Waals surface area contributed by atoms with Crippen LogP contribution >= 0.6 is 11.6 Å². The molecule has 0 spiro atoms. The molecule has 0 radical (unpaired) electrons. The number of aromatic nitrogens is 1. The number of nitrogens with zero attached hydrogens (tertiary/aromatic N) is 1. The number of pyridine rings is 1. The Labute approximate surface area is 183 Å². The molecule has 1 aromatic heterocycles. The largest absolute Gasteiger partial charge is 0.496 e. The average molecular weight is 469 g/mol. The van der Waals surface area contributed by atoms with Gasteiger partial charge in [-0.25, -0.2) is 4.39 Å². The number of amides is 1. The lowest BCUT2D eigenvalue weighted by molar-refractivity contribution is 0.100. The van der Waals surface area contributed by atoms with Gasteiger partial charge in [-0.2, -0.15) is 8.42 Å². The van der Waals surface area contributed by atoms with E-state index in [1.54, 1.807) is 18.2 Å². The zero-order chi connectivity index (χ0) is 23.2. The van der Waals surface area contributed by atoms with Gasteiger partial charge >= 0.3 is 0 Å². The Hall–Kier alpha value is -3.21. The molecular weight excluding hydrogens is 451 g/mol. The molecule has 0 aliphatic rings. The van der Waals surface area contributed by atoms with Gasteiger partial charge in [0.1, 0.15) is 22.2 Å². The Kier molecular flexibility index (Phi) is 7.92. The molecular formula is C20H18ClFN2O6S. The number of carbonyl (C=O) groups excluding carboxylic acids is 1. The van der Waals surface area contributed by atoms with Crippen LogP contribution in [0.4, 0.5) is 4.39 Å². The number of hydrogen-bond donors (Lipinski definition) is 2. The molecule has 0 bridgehead atoms. The lowest BCUT2D eigenvalue weighted by Gasteiger charge is -2.12. The Balaban J connectivity index is 0.000000262. The highest BCUT2D eigenvalue weighted by molar-refractivity contribution is 7.85. The first-order chi connectivity index (χ1) is 14.6. The third kappa shape index (κ3) is 6.14. The maximum atomic E-state index is 12.4. The molecule has 0 aliphatic heterocycles. The summed E-state index contributed by atoms with van der Waals surface area (Å²) in [6.07, 6.45) is 1.08. The van der Waals surface area contributed by atoms with Crippen LogP contribution in [0, 0.1) is 5.82 Å². The molecule has 0 aliphatic carbocycles. The number of hydrogen-bond acceptors (Lipinski definition) is 6. The summed E-state index contributed by atoms with van der Waals surface area (Å²) in [6, 6.07) is 11.4. The van der Waals surface area contributed by atoms with Crippen molar-refractivity contribution >= 4 is 27.6 Å². The average Bonchev–Trinajstić information content (AvgIpc) is 2.72. The fourth-order valence-corrected chi connectivity index (χ4v) is 3.16. The van der Waals surface area contributed by atoms with Crippen molar-refractivity contribution in [3.05, 3.63) is 71.1 Å². The Morgan fingerprint density at radius 2 is 1.71 bits per heavy atom. The summed E-state index contributed by atoms with van der Waals surface area (Å²) in [6.45, 7) is 0. The number of halogens is 2. The van der Waals surface area contributed by atoms with Crippen LogP contribution in [0.15, 0.2) is 59.6 Å². The van der Waals surface area contributed by atoms with E-state index in [1.165, 1.54) is 32.4 Å². The molecule has 31 heavy (non-hydrogen) atoms. The Morgan fingerprint density at radius 3 is 2.13 bits per heavy atom. The fourth-order valence-electron chi connectivity index (χ4n) is 2.47. The zero-order valence-corrected chi connectivity index (χ0v) is 17.9. The van der Waals surface area contributed by atoms with Crippen LogP contribution in [0.2, 0.25) is 5.02 Å². The van der Waals surface area contributed by atoms with E-state index in [0.29, 0.717) is 22.8 Å². The van der Waals surface area contributed by atoms with Crippen LogP contribution in [0.5, 0.6) is 11.5 Å². The predicted molar refractivity (Wildman–Crippen MR) is 113 cm³/mol. The predicted octanol–water partition coefficient (Wildman–Crippen LogP) is 3.59. The molecule has 8 nitrogen and oxygen atoms in total. The van der Waals surface area contributed by atoms with E-state index in [4.69, 9.17) is 31.4 Å². The van der Waals surface area contributed by atoms with E-state index >= 15 is 0 Å². The molecule has 1 heterocycles. The van der Waals surface area contributed by atoms with E-state index in [2.05, 4.69) is 4.98 Å². The van der Waals surface area contributed by atoms with Crippen molar-refractivity contribution < 1.29 is 31.6 Å². The van der Waals surface area contributed by atoms with Crippen molar-refractivity contribution in [1.29, 1.82) is 0 Å². The molecule has 0 saturated carbocycles. The summed E-state index contributed by atoms with van der Waals surface area (Å²) in [5, 5.41) is 0.0394. The summed E-state index contributed by atoms with van der Waals surface area (Å²) < 4.78 is 53.8. The first-order valence-electron chi connectivity index (χ1n) is 8.48. The molecule has 3 N–H and O–H groups in total. The maximum absolute atomic E-state index is 12.4. The van der Waals surface area contributed by atoms with Crippen LogP contribution in [0.3, 0.4) is 0 Å². The molecule has 0 atom stereocenters. The highest BCUT2D eigenvalue weighted by atomic mass is 35.5. The highest BCUT2D eigenvalue weighted by Crippen LogP contribution is 2.37. The number of benzene rings is 2. The van der Waals surface area contributed by atoms with Crippen molar-refractivity contribution in [2.24, 2.45) is 5.73 Å². The van der Waals surface area contributed by atoms with Gasteiger partial charge in [0.05, 0.1) is 36.1 Å². The number of primary amides is 1. The second kappa shape index (κ2) is 10.2. The zero-order valence-electron chi connectivity index (χ0n) is 16.4. The van der Waals surface area contributed by atoms with Crippen molar-refractivity contribution in [3.8, 4) is 22.8 Å². The third-order valence-electron chi connectivity index (χ3n) is 3.91. The standard InChI is InChI=1S/C13H13NO5S.C7H5ClFNO/c1-18-11-4-3-5-12(19-2)13(11)10-7-6-9(8-14-10)20(15,16)17;8-6-3-4(9)1-2-5(6)7(10)11/h3-8H,1-2H3,(H,15,16,17);1-3H,(H2,10,11). The SMILES string of the molecule is COc1cccc(OC)c1-c1ccc(S(=O)(=O)O)cn1.NC(=O)c1ccc(F)cc1Cl. The van der Waals surface area contributed by atoms with Gasteiger partial charge in [0.15, 0.2) is 0 Å². The topological polar surface area (TPSA) is 129 Å². The van der Waals surface area contributed by atoms with Crippen LogP contribution in [-0.4, -0.2) is 38.1 Å². The summed E-state index contributed by atoms with van der Waals surface area (Å²) >= 11 is 5.48. The highest BCUT2D eigenvalue weighted by Gasteiger charge is 2.15. The Morgan fingerprint density at radius 1 is 1.10 bits per heavy atom. The third-order valence-corrected chi connectivity index (χ3v) is 5.06. The second-order valence-corrected chi connectivity index (χ2v) is 7.71. The van der Waals surface area contributed by atoms with Gasteiger partial charge in [0.2, 0.25) is 5.91 Å². The van der Waals surface area contributed by atoms with Gasteiger partial charge in [0, 0.05) is 6.20 Å². The minimum absolute atomic E-state index is 0.0394. The van der Waals surface area contributed by atoms with Crippen LogP contribution < -0.4 is 15.2 Å². The summed E-state index contributed by atoms with van der Waals surface area (Å²) in [7, 11) is -1.22. The summed E-state index contributed by atoms with van der Waals surface area (Å²) in [5.74, 6) is -0.0390. The minimum Gasteiger partial charge on any atom is -0.496 e. The van der Waals surface area contributed by atoms with Crippen LogP contribution in [-0.2, 0) is 10.1 Å². The quantitative estimate of drug-likeness (QED) is 0.547. The van der Waals surface area contributed by atoms with Crippen LogP contribution in [0.25, 0.3) is 11.3 Å². The smallest absolute Gasteiger partial charge is 0.296 e.